The maximum atomic E-state index is 6.26. The lowest BCUT2D eigenvalue weighted by molar-refractivity contribution is 0.774. The quantitative estimate of drug-likeness (QED) is 0.395. The molecule has 0 saturated carbocycles. The number of hydrogen-bond donors (Lipinski definition) is 3. The zero-order valence-corrected chi connectivity index (χ0v) is 15.0. The van der Waals surface area contributed by atoms with E-state index in [1.54, 1.807) is 0 Å². The molecule has 0 spiro atoms. The van der Waals surface area contributed by atoms with E-state index in [2.05, 4.69) is 43.3 Å². The Labute approximate surface area is 142 Å². The summed E-state index contributed by atoms with van der Waals surface area (Å²) >= 11 is 8.48. The maximum absolute atomic E-state index is 6.26. The van der Waals surface area contributed by atoms with Crippen LogP contribution in [0.2, 0.25) is 5.02 Å². The molecular weight excluding hydrogens is 401 g/mol. The van der Waals surface area contributed by atoms with E-state index in [0.717, 1.165) is 20.6 Å². The lowest BCUT2D eigenvalue weighted by atomic mass is 10.2. The molecule has 0 aliphatic rings. The lowest BCUT2D eigenvalue weighted by Crippen LogP contribution is -2.14. The van der Waals surface area contributed by atoms with Crippen LogP contribution in [-0.4, -0.2) is 9.97 Å². The van der Waals surface area contributed by atoms with Crippen LogP contribution in [0.4, 0.5) is 17.3 Å². The highest BCUT2D eigenvalue weighted by molar-refractivity contribution is 14.1. The summed E-state index contributed by atoms with van der Waals surface area (Å²) in [5.74, 6) is 7.76. The fourth-order valence-corrected chi connectivity index (χ4v) is 2.68. The first-order valence-corrected chi connectivity index (χ1v) is 7.95. The number of aromatic nitrogens is 2. The monoisotopic (exact) mass is 417 g/mol. The number of nitrogen functional groups attached to an aromatic ring is 1. The molecule has 2 aromatic rings. The van der Waals surface area contributed by atoms with Crippen LogP contribution in [0.5, 0.6) is 0 Å². The van der Waals surface area contributed by atoms with Crippen LogP contribution in [0.3, 0.4) is 0 Å². The molecule has 7 heteroatoms. The highest BCUT2D eigenvalue weighted by Crippen LogP contribution is 2.30. The molecule has 4 N–H and O–H groups in total. The molecule has 21 heavy (non-hydrogen) atoms. The van der Waals surface area contributed by atoms with Gasteiger partial charge in [0.15, 0.2) is 0 Å². The summed E-state index contributed by atoms with van der Waals surface area (Å²) in [6.45, 7) is 5.97. The Kier molecular flexibility index (Phi) is 5.23. The van der Waals surface area contributed by atoms with Crippen LogP contribution in [0.15, 0.2) is 18.2 Å². The Hall–Kier alpha value is -1.12. The van der Waals surface area contributed by atoms with Crippen LogP contribution in [0.25, 0.3) is 0 Å². The highest BCUT2D eigenvalue weighted by atomic mass is 127. The van der Waals surface area contributed by atoms with Gasteiger partial charge in [-0.25, -0.2) is 15.8 Å². The molecule has 0 bridgehead atoms. The van der Waals surface area contributed by atoms with Crippen LogP contribution < -0.4 is 16.6 Å². The van der Waals surface area contributed by atoms with E-state index in [1.807, 2.05) is 39.0 Å². The van der Waals surface area contributed by atoms with Gasteiger partial charge in [-0.15, -0.1) is 0 Å². The van der Waals surface area contributed by atoms with Crippen molar-refractivity contribution >= 4 is 51.5 Å². The second-order valence-electron chi connectivity index (χ2n) is 4.95. The topological polar surface area (TPSA) is 75.9 Å². The van der Waals surface area contributed by atoms with Crippen molar-refractivity contribution in [3.63, 3.8) is 0 Å². The summed E-state index contributed by atoms with van der Waals surface area (Å²) in [6, 6.07) is 5.80. The molecule has 1 aromatic carbocycles. The van der Waals surface area contributed by atoms with E-state index < -0.39 is 0 Å². The number of halogens is 2. The molecule has 0 aliphatic carbocycles. The number of nitrogens with zero attached hydrogens (tertiary/aromatic N) is 2. The first kappa shape index (κ1) is 16.3. The van der Waals surface area contributed by atoms with Gasteiger partial charge in [-0.2, -0.15) is 0 Å². The standard InChI is InChI=1S/C14H17ClIN5/c1-7(2)12-19-13(8(3)14(20-12)21-17)18-11-5-4-9(16)6-10(11)15/h4-7H,17H2,1-3H3,(H2,18,19,20,21). The largest absolute Gasteiger partial charge is 0.339 e. The summed E-state index contributed by atoms with van der Waals surface area (Å²) in [4.78, 5) is 8.97. The third-order valence-corrected chi connectivity index (χ3v) is 3.98. The van der Waals surface area contributed by atoms with Crippen molar-refractivity contribution in [2.24, 2.45) is 5.84 Å². The van der Waals surface area contributed by atoms with E-state index in [0.29, 0.717) is 16.7 Å². The molecule has 0 unspecified atom stereocenters. The minimum Gasteiger partial charge on any atom is -0.339 e. The van der Waals surface area contributed by atoms with E-state index >= 15 is 0 Å². The Bertz CT molecular complexity index is 660. The molecular formula is C14H17ClIN5. The van der Waals surface area contributed by atoms with E-state index in [1.165, 1.54) is 0 Å². The van der Waals surface area contributed by atoms with Crippen molar-refractivity contribution in [3.8, 4) is 0 Å². The van der Waals surface area contributed by atoms with Gasteiger partial charge in [0.25, 0.3) is 0 Å². The van der Waals surface area contributed by atoms with Crippen molar-refractivity contribution < 1.29 is 0 Å². The van der Waals surface area contributed by atoms with Crippen LogP contribution in [0.1, 0.15) is 31.2 Å². The predicted molar refractivity (Wildman–Crippen MR) is 96.1 cm³/mol. The maximum Gasteiger partial charge on any atom is 0.148 e. The number of anilines is 3. The minimum absolute atomic E-state index is 0.199. The Morgan fingerprint density at radius 3 is 2.48 bits per heavy atom. The van der Waals surface area contributed by atoms with Gasteiger partial charge in [0, 0.05) is 15.1 Å². The number of rotatable bonds is 4. The molecule has 1 aromatic heterocycles. The summed E-state index contributed by atoms with van der Waals surface area (Å²) in [6.07, 6.45) is 0. The summed E-state index contributed by atoms with van der Waals surface area (Å²) in [5.41, 5.74) is 4.26. The number of benzene rings is 1. The smallest absolute Gasteiger partial charge is 0.148 e. The summed E-state index contributed by atoms with van der Waals surface area (Å²) < 4.78 is 1.08. The third-order valence-electron chi connectivity index (χ3n) is 3.00. The number of hydrazine groups is 1. The molecule has 2 rings (SSSR count). The van der Waals surface area contributed by atoms with Crippen molar-refractivity contribution in [2.45, 2.75) is 26.7 Å². The van der Waals surface area contributed by atoms with Gasteiger partial charge in [-0.3, -0.25) is 0 Å². The Morgan fingerprint density at radius 1 is 1.24 bits per heavy atom. The van der Waals surface area contributed by atoms with Crippen LogP contribution in [-0.2, 0) is 0 Å². The number of hydrogen-bond acceptors (Lipinski definition) is 5. The van der Waals surface area contributed by atoms with Gasteiger partial charge in [-0.1, -0.05) is 25.4 Å². The predicted octanol–water partition coefficient (Wildman–Crippen LogP) is 4.20. The van der Waals surface area contributed by atoms with Gasteiger partial charge in [0.1, 0.15) is 17.5 Å². The summed E-state index contributed by atoms with van der Waals surface area (Å²) in [5, 5.41) is 3.90. The average Bonchev–Trinajstić information content (AvgIpc) is 2.43. The van der Waals surface area contributed by atoms with E-state index in [9.17, 15) is 0 Å². The first-order chi connectivity index (χ1) is 9.92. The van der Waals surface area contributed by atoms with Crippen molar-refractivity contribution in [2.75, 3.05) is 10.7 Å². The Balaban J connectivity index is 2.45. The van der Waals surface area contributed by atoms with Gasteiger partial charge in [-0.05, 0) is 47.7 Å². The molecule has 1 heterocycles. The SMILES string of the molecule is Cc1c(NN)nc(C(C)C)nc1Nc1ccc(I)cc1Cl. The second kappa shape index (κ2) is 6.76. The van der Waals surface area contributed by atoms with Crippen molar-refractivity contribution in [1.29, 1.82) is 0 Å². The van der Waals surface area contributed by atoms with Gasteiger partial charge < -0.3 is 10.7 Å². The number of nitrogens with two attached hydrogens (primary N) is 1. The van der Waals surface area contributed by atoms with E-state index in [4.69, 9.17) is 17.4 Å². The minimum atomic E-state index is 0.199. The Morgan fingerprint density at radius 2 is 1.90 bits per heavy atom. The normalized spacial score (nSPS) is 10.8. The highest BCUT2D eigenvalue weighted by Gasteiger charge is 2.13. The molecule has 0 aliphatic heterocycles. The fourth-order valence-electron chi connectivity index (χ4n) is 1.77. The average molecular weight is 418 g/mol. The van der Waals surface area contributed by atoms with Crippen LogP contribution >= 0.6 is 34.2 Å². The first-order valence-electron chi connectivity index (χ1n) is 6.49. The van der Waals surface area contributed by atoms with Crippen molar-refractivity contribution in [3.05, 3.63) is 38.2 Å². The molecule has 0 radical (unpaired) electrons. The zero-order valence-electron chi connectivity index (χ0n) is 12.0. The lowest BCUT2D eigenvalue weighted by Gasteiger charge is -2.15. The molecule has 5 nitrogen and oxygen atoms in total. The van der Waals surface area contributed by atoms with Crippen molar-refractivity contribution in [1.82, 2.24) is 9.97 Å². The molecule has 0 fully saturated rings. The fraction of sp³-hybridized carbons (Fsp3) is 0.286. The van der Waals surface area contributed by atoms with Gasteiger partial charge in [0.05, 0.1) is 10.7 Å². The zero-order chi connectivity index (χ0) is 15.6. The van der Waals surface area contributed by atoms with Gasteiger partial charge in [0.2, 0.25) is 0 Å². The number of nitrogens with one attached hydrogen (secondary N) is 2. The summed E-state index contributed by atoms with van der Waals surface area (Å²) in [7, 11) is 0. The van der Waals surface area contributed by atoms with E-state index in [-0.39, 0.29) is 5.92 Å². The molecule has 0 saturated heterocycles. The second-order valence-corrected chi connectivity index (χ2v) is 6.61. The third kappa shape index (κ3) is 3.75. The molecule has 0 amide bonds. The molecule has 112 valence electrons. The van der Waals surface area contributed by atoms with Gasteiger partial charge >= 0.3 is 0 Å². The molecule has 0 atom stereocenters. The van der Waals surface area contributed by atoms with Crippen LogP contribution in [0, 0.1) is 10.5 Å².